The highest BCUT2D eigenvalue weighted by molar-refractivity contribution is 5.98. The molecule has 80 valence electrons. The highest BCUT2D eigenvalue weighted by Gasteiger charge is 2.17. The molecule has 0 bridgehead atoms. The molecule has 0 heterocycles. The zero-order valence-corrected chi connectivity index (χ0v) is 9.10. The van der Waals surface area contributed by atoms with Gasteiger partial charge in [0.15, 0.2) is 5.78 Å². The average Bonchev–Trinajstić information content (AvgIpc) is 2.35. The van der Waals surface area contributed by atoms with Gasteiger partial charge in [-0.25, -0.2) is 0 Å². The van der Waals surface area contributed by atoms with Crippen LogP contribution in [0, 0.1) is 28.6 Å². The quantitative estimate of drug-likeness (QED) is 0.720. The van der Waals surface area contributed by atoms with E-state index < -0.39 is 0 Å². The van der Waals surface area contributed by atoms with Crippen LogP contribution in [0.25, 0.3) is 0 Å². The Morgan fingerprint density at radius 1 is 1.31 bits per heavy atom. The lowest BCUT2D eigenvalue weighted by molar-refractivity contribution is 0.0918. The van der Waals surface area contributed by atoms with Crippen LogP contribution in [0.4, 0.5) is 0 Å². The number of carbonyl (C=O) groups excluding carboxylic acids is 1. The summed E-state index contributed by atoms with van der Waals surface area (Å²) in [5, 5.41) is 17.2. The standard InChI is InChI=1S/C13H12N2O/c1-2-11(7-8-14)13(16)12-5-3-10(9-15)4-6-12/h3-6,11H,2,7H2,1H3. The van der Waals surface area contributed by atoms with E-state index in [9.17, 15) is 4.79 Å². The molecule has 16 heavy (non-hydrogen) atoms. The van der Waals surface area contributed by atoms with Gasteiger partial charge in [0.05, 0.1) is 17.7 Å². The maximum Gasteiger partial charge on any atom is 0.166 e. The van der Waals surface area contributed by atoms with Crippen molar-refractivity contribution in [1.29, 1.82) is 10.5 Å². The lowest BCUT2D eigenvalue weighted by atomic mass is 9.92. The normalized spacial score (nSPS) is 11.2. The first-order valence-corrected chi connectivity index (χ1v) is 5.14. The lowest BCUT2D eigenvalue weighted by Crippen LogP contribution is -2.13. The van der Waals surface area contributed by atoms with E-state index in [0.717, 1.165) is 0 Å². The Morgan fingerprint density at radius 3 is 2.38 bits per heavy atom. The van der Waals surface area contributed by atoms with Gasteiger partial charge in [-0.3, -0.25) is 4.79 Å². The van der Waals surface area contributed by atoms with Crippen molar-refractivity contribution in [2.24, 2.45) is 5.92 Å². The third-order valence-electron chi connectivity index (χ3n) is 2.50. The smallest absolute Gasteiger partial charge is 0.166 e. The van der Waals surface area contributed by atoms with Gasteiger partial charge in [-0.2, -0.15) is 10.5 Å². The number of nitriles is 2. The van der Waals surface area contributed by atoms with Gasteiger partial charge in [0, 0.05) is 17.9 Å². The molecule has 0 spiro atoms. The molecule has 0 saturated heterocycles. The van der Waals surface area contributed by atoms with Crippen LogP contribution in [0.15, 0.2) is 24.3 Å². The minimum Gasteiger partial charge on any atom is -0.294 e. The van der Waals surface area contributed by atoms with Crippen molar-refractivity contribution in [2.75, 3.05) is 0 Å². The zero-order valence-electron chi connectivity index (χ0n) is 9.10. The maximum absolute atomic E-state index is 11.9. The summed E-state index contributed by atoms with van der Waals surface area (Å²) >= 11 is 0. The van der Waals surface area contributed by atoms with E-state index in [1.165, 1.54) is 0 Å². The number of Topliss-reactive ketones (excluding diaryl/α,β-unsaturated/α-hetero) is 1. The first-order chi connectivity index (χ1) is 7.72. The third-order valence-corrected chi connectivity index (χ3v) is 2.50. The van der Waals surface area contributed by atoms with E-state index in [1.54, 1.807) is 24.3 Å². The molecule has 0 N–H and O–H groups in total. The molecule has 3 heteroatoms. The number of carbonyl (C=O) groups is 1. The van der Waals surface area contributed by atoms with Gasteiger partial charge in [-0.05, 0) is 18.6 Å². The first kappa shape index (κ1) is 11.9. The van der Waals surface area contributed by atoms with Crippen LogP contribution in [0.5, 0.6) is 0 Å². The van der Waals surface area contributed by atoms with Crippen LogP contribution in [0.2, 0.25) is 0 Å². The number of hydrogen-bond acceptors (Lipinski definition) is 3. The molecule has 3 nitrogen and oxygen atoms in total. The predicted molar refractivity (Wildman–Crippen MR) is 59.5 cm³/mol. The van der Waals surface area contributed by atoms with E-state index in [1.807, 2.05) is 19.1 Å². The second-order valence-electron chi connectivity index (χ2n) is 3.52. The van der Waals surface area contributed by atoms with Crippen LogP contribution in [-0.2, 0) is 0 Å². The van der Waals surface area contributed by atoms with Gasteiger partial charge in [0.25, 0.3) is 0 Å². The van der Waals surface area contributed by atoms with Crippen molar-refractivity contribution >= 4 is 5.78 Å². The van der Waals surface area contributed by atoms with Crippen molar-refractivity contribution in [1.82, 2.24) is 0 Å². The number of ketones is 1. The van der Waals surface area contributed by atoms with E-state index in [2.05, 4.69) is 0 Å². The molecule has 0 aliphatic carbocycles. The van der Waals surface area contributed by atoms with Crippen LogP contribution in [-0.4, -0.2) is 5.78 Å². The zero-order chi connectivity index (χ0) is 12.0. The Labute approximate surface area is 94.9 Å². The van der Waals surface area contributed by atoms with Crippen molar-refractivity contribution in [3.05, 3.63) is 35.4 Å². The minimum absolute atomic E-state index is 0.0199. The molecule has 1 atom stereocenters. The van der Waals surface area contributed by atoms with Crippen LogP contribution in [0.1, 0.15) is 35.7 Å². The van der Waals surface area contributed by atoms with E-state index in [4.69, 9.17) is 10.5 Å². The van der Waals surface area contributed by atoms with Crippen molar-refractivity contribution in [3.8, 4) is 12.1 Å². The Kier molecular flexibility index (Phi) is 4.24. The summed E-state index contributed by atoms with van der Waals surface area (Å²) in [4.78, 5) is 11.9. The molecule has 1 aromatic rings. The highest BCUT2D eigenvalue weighted by Crippen LogP contribution is 2.16. The second-order valence-corrected chi connectivity index (χ2v) is 3.52. The van der Waals surface area contributed by atoms with Gasteiger partial charge >= 0.3 is 0 Å². The Balaban J connectivity index is 2.88. The Hall–Kier alpha value is -2.13. The van der Waals surface area contributed by atoms with Gasteiger partial charge in [0.2, 0.25) is 0 Å². The van der Waals surface area contributed by atoms with Crippen LogP contribution < -0.4 is 0 Å². The van der Waals surface area contributed by atoms with Crippen LogP contribution >= 0.6 is 0 Å². The molecule has 0 fully saturated rings. The third kappa shape index (κ3) is 2.68. The summed E-state index contributed by atoms with van der Waals surface area (Å²) in [6.45, 7) is 1.89. The number of hydrogen-bond donors (Lipinski definition) is 0. The lowest BCUT2D eigenvalue weighted by Gasteiger charge is -2.09. The van der Waals surface area contributed by atoms with Gasteiger partial charge < -0.3 is 0 Å². The monoisotopic (exact) mass is 212 g/mol. The van der Waals surface area contributed by atoms with Crippen molar-refractivity contribution in [2.45, 2.75) is 19.8 Å². The highest BCUT2D eigenvalue weighted by atomic mass is 16.1. The van der Waals surface area contributed by atoms with E-state index >= 15 is 0 Å². The fraction of sp³-hybridized carbons (Fsp3) is 0.308. The second kappa shape index (κ2) is 5.68. The van der Waals surface area contributed by atoms with Gasteiger partial charge in [-0.15, -0.1) is 0 Å². The number of rotatable bonds is 4. The summed E-state index contributed by atoms with van der Waals surface area (Å²) in [6, 6.07) is 10.5. The molecular weight excluding hydrogens is 200 g/mol. The Morgan fingerprint density at radius 2 is 1.94 bits per heavy atom. The summed E-state index contributed by atoms with van der Waals surface area (Å²) in [6.07, 6.45) is 0.904. The molecule has 0 radical (unpaired) electrons. The van der Waals surface area contributed by atoms with Crippen molar-refractivity contribution in [3.63, 3.8) is 0 Å². The summed E-state index contributed by atoms with van der Waals surface area (Å²) in [5.74, 6) is -0.258. The van der Waals surface area contributed by atoms with Crippen molar-refractivity contribution < 1.29 is 4.79 Å². The molecule has 1 unspecified atom stereocenters. The van der Waals surface area contributed by atoms with E-state index in [-0.39, 0.29) is 18.1 Å². The minimum atomic E-state index is -0.238. The molecule has 0 aromatic heterocycles. The molecule has 0 aliphatic rings. The van der Waals surface area contributed by atoms with Crippen LogP contribution in [0.3, 0.4) is 0 Å². The predicted octanol–water partition coefficient (Wildman–Crippen LogP) is 2.68. The first-order valence-electron chi connectivity index (χ1n) is 5.14. The molecule has 1 rings (SSSR count). The van der Waals surface area contributed by atoms with Gasteiger partial charge in [-0.1, -0.05) is 19.1 Å². The fourth-order valence-electron chi connectivity index (χ4n) is 1.48. The summed E-state index contributed by atoms with van der Waals surface area (Å²) < 4.78 is 0. The molecule has 1 aromatic carbocycles. The summed E-state index contributed by atoms with van der Waals surface area (Å²) in [7, 11) is 0. The molecule has 0 aliphatic heterocycles. The largest absolute Gasteiger partial charge is 0.294 e. The van der Waals surface area contributed by atoms with Gasteiger partial charge in [0.1, 0.15) is 0 Å². The Bertz CT molecular complexity index is 448. The number of nitrogens with zero attached hydrogens (tertiary/aromatic N) is 2. The average molecular weight is 212 g/mol. The SMILES string of the molecule is CCC(CC#N)C(=O)c1ccc(C#N)cc1. The molecular formula is C13H12N2O. The topological polar surface area (TPSA) is 64.7 Å². The molecule has 0 amide bonds. The maximum atomic E-state index is 11.9. The molecule has 0 saturated carbocycles. The summed E-state index contributed by atoms with van der Waals surface area (Å²) in [5.41, 5.74) is 1.10. The van der Waals surface area contributed by atoms with E-state index in [0.29, 0.717) is 17.5 Å². The fourth-order valence-corrected chi connectivity index (χ4v) is 1.48. The number of benzene rings is 1.